The summed E-state index contributed by atoms with van der Waals surface area (Å²) < 4.78 is 11.5. The quantitative estimate of drug-likeness (QED) is 0.898. The molecule has 1 amide bonds. The number of carbonyl (C=O) groups excluding carboxylic acids is 1. The molecule has 5 nitrogen and oxygen atoms in total. The van der Waals surface area contributed by atoms with Gasteiger partial charge in [-0.25, -0.2) is 4.98 Å². The summed E-state index contributed by atoms with van der Waals surface area (Å²) in [4.78, 5) is 16.8. The Morgan fingerprint density at radius 2 is 1.92 bits per heavy atom. The second-order valence-corrected chi connectivity index (χ2v) is 7.11. The Bertz CT molecular complexity index is 725. The van der Waals surface area contributed by atoms with E-state index in [9.17, 15) is 4.79 Å². The minimum atomic E-state index is -0.205. The average Bonchev–Trinajstić information content (AvgIpc) is 3.06. The van der Waals surface area contributed by atoms with Crippen molar-refractivity contribution in [2.45, 2.75) is 37.8 Å². The topological polar surface area (TPSA) is 60.5 Å². The lowest BCUT2D eigenvalue weighted by molar-refractivity contribution is -0.124. The Labute approximate surface area is 153 Å². The summed E-state index contributed by atoms with van der Waals surface area (Å²) in [5.41, 5.74) is 2.76. The van der Waals surface area contributed by atoms with Crippen LogP contribution < -0.4 is 10.1 Å². The maximum atomic E-state index is 12.6. The third kappa shape index (κ3) is 4.05. The van der Waals surface area contributed by atoms with E-state index in [1.807, 2.05) is 18.2 Å². The Morgan fingerprint density at radius 1 is 1.15 bits per heavy atom. The molecule has 5 heteroatoms. The number of amides is 1. The summed E-state index contributed by atoms with van der Waals surface area (Å²) >= 11 is 0. The van der Waals surface area contributed by atoms with Crippen molar-refractivity contribution >= 4 is 5.91 Å². The van der Waals surface area contributed by atoms with Crippen LogP contribution in [0, 0.1) is 5.92 Å². The Hall–Kier alpha value is -2.40. The van der Waals surface area contributed by atoms with Crippen LogP contribution in [-0.2, 0) is 22.4 Å². The number of hydrogen-bond acceptors (Lipinski definition) is 4. The molecule has 1 aliphatic heterocycles. The highest BCUT2D eigenvalue weighted by Crippen LogP contribution is 2.28. The van der Waals surface area contributed by atoms with E-state index in [4.69, 9.17) is 9.47 Å². The first-order valence-corrected chi connectivity index (χ1v) is 9.29. The van der Waals surface area contributed by atoms with Gasteiger partial charge < -0.3 is 14.8 Å². The van der Waals surface area contributed by atoms with E-state index < -0.39 is 0 Å². The summed E-state index contributed by atoms with van der Waals surface area (Å²) in [6, 6.07) is 14.0. The van der Waals surface area contributed by atoms with Crippen LogP contribution in [-0.4, -0.2) is 36.3 Å². The lowest BCUT2D eigenvalue weighted by atomic mass is 10.0. The smallest absolute Gasteiger partial charge is 0.220 e. The Balaban J connectivity index is 1.32. The van der Waals surface area contributed by atoms with E-state index >= 15 is 0 Å². The molecule has 0 saturated carbocycles. The molecule has 1 fully saturated rings. The van der Waals surface area contributed by atoms with E-state index in [-0.39, 0.29) is 18.1 Å². The zero-order valence-electron chi connectivity index (χ0n) is 14.8. The van der Waals surface area contributed by atoms with Crippen LogP contribution in [0.1, 0.15) is 24.0 Å². The van der Waals surface area contributed by atoms with Crippen molar-refractivity contribution in [1.82, 2.24) is 10.3 Å². The molecule has 2 aliphatic rings. The lowest BCUT2D eigenvalue weighted by Crippen LogP contribution is -2.51. The van der Waals surface area contributed by atoms with Gasteiger partial charge >= 0.3 is 0 Å². The van der Waals surface area contributed by atoms with Gasteiger partial charge in [-0.1, -0.05) is 30.3 Å². The zero-order chi connectivity index (χ0) is 17.8. The molecule has 0 spiro atoms. The fourth-order valence-electron chi connectivity index (χ4n) is 3.89. The first-order chi connectivity index (χ1) is 12.8. The van der Waals surface area contributed by atoms with Crippen LogP contribution in [0.15, 0.2) is 48.7 Å². The third-order valence-corrected chi connectivity index (χ3v) is 5.17. The molecule has 1 aliphatic carbocycles. The van der Waals surface area contributed by atoms with Crippen molar-refractivity contribution in [2.75, 3.05) is 13.2 Å². The predicted octanol–water partition coefficient (Wildman–Crippen LogP) is 2.54. The van der Waals surface area contributed by atoms with E-state index in [0.717, 1.165) is 19.3 Å². The number of nitrogens with one attached hydrogen (secondary N) is 1. The van der Waals surface area contributed by atoms with Gasteiger partial charge in [0.25, 0.3) is 0 Å². The van der Waals surface area contributed by atoms with Crippen LogP contribution in [0.3, 0.4) is 0 Å². The van der Waals surface area contributed by atoms with Gasteiger partial charge in [0.15, 0.2) is 0 Å². The number of nitrogens with zero attached hydrogens (tertiary/aromatic N) is 1. The zero-order valence-corrected chi connectivity index (χ0v) is 14.8. The number of rotatable bonds is 5. The predicted molar refractivity (Wildman–Crippen MR) is 98.0 cm³/mol. The minimum Gasteiger partial charge on any atom is -0.470 e. The molecular formula is C21H24N2O3. The monoisotopic (exact) mass is 352 g/mol. The highest BCUT2D eigenvalue weighted by Gasteiger charge is 2.30. The molecule has 136 valence electrons. The largest absolute Gasteiger partial charge is 0.470 e. The van der Waals surface area contributed by atoms with E-state index in [1.165, 1.54) is 11.1 Å². The first kappa shape index (κ1) is 17.0. The number of hydrogen-bond donors (Lipinski definition) is 1. The van der Waals surface area contributed by atoms with Crippen LogP contribution >= 0.6 is 0 Å². The molecule has 1 N–H and O–H groups in total. The molecule has 2 aromatic rings. The SMILES string of the molecule is O=C(CC1Cc2ccccc2C1)N[C@@H]1CCOC[C@H]1Oc1ccccn1. The van der Waals surface area contributed by atoms with Gasteiger partial charge in [0.1, 0.15) is 6.10 Å². The molecule has 26 heavy (non-hydrogen) atoms. The van der Waals surface area contributed by atoms with Crippen molar-refractivity contribution in [3.63, 3.8) is 0 Å². The standard InChI is InChI=1S/C21H24N2O3/c24-20(13-15-11-16-5-1-2-6-17(16)12-15)23-18-8-10-25-14-19(18)26-21-7-3-4-9-22-21/h1-7,9,15,18-19H,8,10-14H2,(H,23,24)/t18-,19-/m1/s1. The van der Waals surface area contributed by atoms with Crippen molar-refractivity contribution in [2.24, 2.45) is 5.92 Å². The summed E-state index contributed by atoms with van der Waals surface area (Å²) in [6.07, 6.45) is 4.79. The third-order valence-electron chi connectivity index (χ3n) is 5.17. The molecule has 1 aromatic heterocycles. The number of ether oxygens (including phenoxy) is 2. The maximum Gasteiger partial charge on any atom is 0.220 e. The summed E-state index contributed by atoms with van der Waals surface area (Å²) in [5, 5.41) is 3.17. The van der Waals surface area contributed by atoms with Crippen molar-refractivity contribution < 1.29 is 14.3 Å². The highest BCUT2D eigenvalue weighted by atomic mass is 16.5. The number of carbonyl (C=O) groups is 1. The molecule has 0 bridgehead atoms. The molecule has 1 aromatic carbocycles. The second kappa shape index (κ2) is 7.87. The number of pyridine rings is 1. The molecular weight excluding hydrogens is 328 g/mol. The van der Waals surface area contributed by atoms with Crippen molar-refractivity contribution in [1.29, 1.82) is 0 Å². The second-order valence-electron chi connectivity index (χ2n) is 7.11. The van der Waals surface area contributed by atoms with Gasteiger partial charge in [-0.15, -0.1) is 0 Å². The van der Waals surface area contributed by atoms with Gasteiger partial charge in [0, 0.05) is 25.3 Å². The maximum absolute atomic E-state index is 12.6. The molecule has 1 saturated heterocycles. The number of aromatic nitrogens is 1. The summed E-state index contributed by atoms with van der Waals surface area (Å²) in [5.74, 6) is 1.06. The van der Waals surface area contributed by atoms with Gasteiger partial charge in [0.2, 0.25) is 11.8 Å². The fourth-order valence-corrected chi connectivity index (χ4v) is 3.89. The van der Waals surface area contributed by atoms with Crippen LogP contribution in [0.25, 0.3) is 0 Å². The lowest BCUT2D eigenvalue weighted by Gasteiger charge is -2.32. The van der Waals surface area contributed by atoms with Gasteiger partial charge in [-0.2, -0.15) is 0 Å². The molecule has 0 radical (unpaired) electrons. The van der Waals surface area contributed by atoms with E-state index in [0.29, 0.717) is 31.4 Å². The van der Waals surface area contributed by atoms with E-state index in [2.05, 4.69) is 34.6 Å². The summed E-state index contributed by atoms with van der Waals surface area (Å²) in [7, 11) is 0. The van der Waals surface area contributed by atoms with Crippen LogP contribution in [0.2, 0.25) is 0 Å². The van der Waals surface area contributed by atoms with Gasteiger partial charge in [-0.05, 0) is 42.4 Å². The summed E-state index contributed by atoms with van der Waals surface area (Å²) in [6.45, 7) is 1.11. The van der Waals surface area contributed by atoms with Gasteiger partial charge in [0.05, 0.1) is 12.6 Å². The van der Waals surface area contributed by atoms with Crippen LogP contribution in [0.5, 0.6) is 5.88 Å². The van der Waals surface area contributed by atoms with E-state index in [1.54, 1.807) is 6.20 Å². The van der Waals surface area contributed by atoms with Crippen molar-refractivity contribution in [3.8, 4) is 5.88 Å². The molecule has 4 rings (SSSR count). The Morgan fingerprint density at radius 3 is 2.65 bits per heavy atom. The highest BCUT2D eigenvalue weighted by molar-refractivity contribution is 5.76. The number of fused-ring (bicyclic) bond motifs is 1. The van der Waals surface area contributed by atoms with Crippen LogP contribution in [0.4, 0.5) is 0 Å². The van der Waals surface area contributed by atoms with Gasteiger partial charge in [-0.3, -0.25) is 4.79 Å². The fraction of sp³-hybridized carbons (Fsp3) is 0.429. The Kier molecular flexibility index (Phi) is 5.16. The molecule has 0 unspecified atom stereocenters. The molecule has 2 atom stereocenters. The average molecular weight is 352 g/mol. The van der Waals surface area contributed by atoms with Crippen molar-refractivity contribution in [3.05, 3.63) is 59.8 Å². The normalized spacial score (nSPS) is 22.6. The first-order valence-electron chi connectivity index (χ1n) is 9.29. The number of benzene rings is 1. The minimum absolute atomic E-state index is 0.0398. The molecule has 2 heterocycles.